The first-order valence-electron chi connectivity index (χ1n) is 11.1. The zero-order chi connectivity index (χ0) is 26.7. The molecule has 1 N–H and O–H groups in total. The molecule has 1 saturated heterocycles. The molecular weight excluding hydrogens is 644 g/mol. The molecule has 0 atom stereocenters. The highest BCUT2D eigenvalue weighted by molar-refractivity contribution is 9.11. The summed E-state index contributed by atoms with van der Waals surface area (Å²) in [6, 6.07) is 16.5. The van der Waals surface area contributed by atoms with Gasteiger partial charge in [-0.2, -0.15) is 0 Å². The van der Waals surface area contributed by atoms with Crippen LogP contribution >= 0.6 is 55.2 Å². The lowest BCUT2D eigenvalue weighted by atomic mass is 10.1. The summed E-state index contributed by atoms with van der Waals surface area (Å²) in [4.78, 5) is 39.2. The summed E-state index contributed by atoms with van der Waals surface area (Å²) in [5, 5.41) is 2.95. The maximum atomic E-state index is 12.9. The van der Waals surface area contributed by atoms with Crippen molar-refractivity contribution in [1.82, 2.24) is 4.90 Å². The minimum Gasteiger partial charge on any atom is -0.487 e. The normalized spacial score (nSPS) is 14.4. The van der Waals surface area contributed by atoms with Crippen molar-refractivity contribution in [3.05, 3.63) is 95.7 Å². The van der Waals surface area contributed by atoms with Crippen LogP contribution in [0, 0.1) is 13.8 Å². The van der Waals surface area contributed by atoms with Crippen LogP contribution in [0.2, 0.25) is 5.02 Å². The molecule has 0 aliphatic carbocycles. The molecule has 1 aliphatic heterocycles. The molecule has 4 rings (SSSR count). The Morgan fingerprint density at radius 3 is 2.43 bits per heavy atom. The maximum absolute atomic E-state index is 12.9. The van der Waals surface area contributed by atoms with Crippen LogP contribution < -0.4 is 10.1 Å². The summed E-state index contributed by atoms with van der Waals surface area (Å²) in [6.45, 7) is 3.83. The van der Waals surface area contributed by atoms with E-state index < -0.39 is 17.1 Å². The third-order valence-corrected chi connectivity index (χ3v) is 8.01. The van der Waals surface area contributed by atoms with Gasteiger partial charge in [0.1, 0.15) is 18.9 Å². The minimum atomic E-state index is -0.513. The number of aryl methyl sites for hydroxylation is 1. The number of anilines is 1. The van der Waals surface area contributed by atoms with Crippen LogP contribution in [0.4, 0.5) is 10.5 Å². The zero-order valence-corrected chi connectivity index (χ0v) is 24.6. The van der Waals surface area contributed by atoms with Gasteiger partial charge in [0.05, 0.1) is 13.9 Å². The fourth-order valence-corrected chi connectivity index (χ4v) is 5.96. The lowest BCUT2D eigenvalue weighted by Crippen LogP contribution is -2.36. The predicted molar refractivity (Wildman–Crippen MR) is 155 cm³/mol. The fraction of sp³-hybridized carbons (Fsp3) is 0.148. The SMILES string of the molecule is Cc1cccc(NC(=O)CN2C(=O)S/C(=C/c3cc(Br)c(OCc4ccc(Cl)cc4)c(Br)c3)C2=O)c1C. The molecule has 190 valence electrons. The van der Waals surface area contributed by atoms with Gasteiger partial charge in [-0.25, -0.2) is 0 Å². The Morgan fingerprint density at radius 1 is 1.08 bits per heavy atom. The minimum absolute atomic E-state index is 0.234. The van der Waals surface area contributed by atoms with Crippen LogP contribution in [0.15, 0.2) is 68.4 Å². The number of imide groups is 1. The van der Waals surface area contributed by atoms with E-state index >= 15 is 0 Å². The zero-order valence-electron chi connectivity index (χ0n) is 19.8. The number of halogens is 3. The summed E-state index contributed by atoms with van der Waals surface area (Å²) in [7, 11) is 0. The number of hydrogen-bond donors (Lipinski definition) is 1. The molecule has 3 aromatic rings. The van der Waals surface area contributed by atoms with E-state index in [1.54, 1.807) is 36.4 Å². The van der Waals surface area contributed by atoms with E-state index in [9.17, 15) is 14.4 Å². The van der Waals surface area contributed by atoms with Gasteiger partial charge in [-0.05, 0) is 116 Å². The molecule has 0 unspecified atom stereocenters. The van der Waals surface area contributed by atoms with Crippen molar-refractivity contribution in [2.24, 2.45) is 0 Å². The molecule has 0 aromatic heterocycles. The van der Waals surface area contributed by atoms with Crippen LogP contribution in [-0.2, 0) is 16.2 Å². The second kappa shape index (κ2) is 11.9. The number of carbonyl (C=O) groups is 3. The van der Waals surface area contributed by atoms with Gasteiger partial charge in [0, 0.05) is 10.7 Å². The Balaban J connectivity index is 1.44. The number of rotatable bonds is 7. The van der Waals surface area contributed by atoms with Gasteiger partial charge in [-0.15, -0.1) is 0 Å². The highest BCUT2D eigenvalue weighted by atomic mass is 79.9. The number of amides is 3. The second-order valence-electron chi connectivity index (χ2n) is 8.29. The van der Waals surface area contributed by atoms with Crippen molar-refractivity contribution in [2.45, 2.75) is 20.5 Å². The van der Waals surface area contributed by atoms with Gasteiger partial charge in [0.15, 0.2) is 0 Å². The van der Waals surface area contributed by atoms with Crippen molar-refractivity contribution < 1.29 is 19.1 Å². The van der Waals surface area contributed by atoms with Gasteiger partial charge in [-0.1, -0.05) is 35.9 Å². The molecule has 10 heteroatoms. The Labute approximate surface area is 240 Å². The molecule has 37 heavy (non-hydrogen) atoms. The van der Waals surface area contributed by atoms with E-state index in [0.717, 1.165) is 33.4 Å². The average molecular weight is 665 g/mol. The predicted octanol–water partition coefficient (Wildman–Crippen LogP) is 7.74. The second-order valence-corrected chi connectivity index (χ2v) is 11.4. The Morgan fingerprint density at radius 2 is 1.76 bits per heavy atom. The van der Waals surface area contributed by atoms with Crippen LogP contribution in [-0.4, -0.2) is 28.5 Å². The van der Waals surface area contributed by atoms with Crippen molar-refractivity contribution in [3.63, 3.8) is 0 Å². The lowest BCUT2D eigenvalue weighted by molar-refractivity contribution is -0.127. The van der Waals surface area contributed by atoms with Crippen LogP contribution in [0.25, 0.3) is 6.08 Å². The molecule has 3 aromatic carbocycles. The molecule has 0 saturated carbocycles. The van der Waals surface area contributed by atoms with Crippen LogP contribution in [0.3, 0.4) is 0 Å². The van der Waals surface area contributed by atoms with E-state index in [1.165, 1.54) is 0 Å². The van der Waals surface area contributed by atoms with Crippen LogP contribution in [0.5, 0.6) is 5.75 Å². The third kappa shape index (κ3) is 6.65. The van der Waals surface area contributed by atoms with E-state index in [1.807, 2.05) is 38.1 Å². The fourth-order valence-electron chi connectivity index (χ4n) is 3.54. The largest absolute Gasteiger partial charge is 0.487 e. The quantitative estimate of drug-likeness (QED) is 0.262. The number of benzene rings is 3. The number of nitrogens with zero attached hydrogens (tertiary/aromatic N) is 1. The highest BCUT2D eigenvalue weighted by Crippen LogP contribution is 2.38. The van der Waals surface area contributed by atoms with E-state index in [4.69, 9.17) is 16.3 Å². The van der Waals surface area contributed by atoms with Gasteiger partial charge >= 0.3 is 0 Å². The molecule has 1 aliphatic rings. The summed E-state index contributed by atoms with van der Waals surface area (Å²) >= 11 is 13.8. The molecule has 0 radical (unpaired) electrons. The maximum Gasteiger partial charge on any atom is 0.294 e. The van der Waals surface area contributed by atoms with Crippen molar-refractivity contribution in [1.29, 1.82) is 0 Å². The van der Waals surface area contributed by atoms with E-state index in [-0.39, 0.29) is 11.4 Å². The number of carbonyl (C=O) groups excluding carboxylic acids is 3. The topological polar surface area (TPSA) is 75.7 Å². The monoisotopic (exact) mass is 662 g/mol. The van der Waals surface area contributed by atoms with Gasteiger partial charge in [0.25, 0.3) is 11.1 Å². The summed E-state index contributed by atoms with van der Waals surface area (Å²) in [5.41, 5.74) is 4.26. The standard InChI is InChI=1S/C27H21Br2ClN2O4S/c1-15-4-3-5-22(16(15)2)31-24(33)13-32-26(34)23(37-27(32)35)12-18-10-20(28)25(21(29)11-18)36-14-17-6-8-19(30)9-7-17/h3-12H,13-14H2,1-2H3,(H,31,33)/b23-12+. The highest BCUT2D eigenvalue weighted by Gasteiger charge is 2.36. The van der Waals surface area contributed by atoms with Crippen molar-refractivity contribution in [3.8, 4) is 5.75 Å². The Hall–Kier alpha value is -2.59. The van der Waals surface area contributed by atoms with Gasteiger partial charge in [-0.3, -0.25) is 19.3 Å². The molecular formula is C27H21Br2ClN2O4S. The van der Waals surface area contributed by atoms with Gasteiger partial charge in [0.2, 0.25) is 5.91 Å². The lowest BCUT2D eigenvalue weighted by Gasteiger charge is -2.14. The number of nitrogens with one attached hydrogen (secondary N) is 1. The number of ether oxygens (including phenoxy) is 1. The van der Waals surface area contributed by atoms with Gasteiger partial charge < -0.3 is 10.1 Å². The number of hydrogen-bond acceptors (Lipinski definition) is 5. The van der Waals surface area contributed by atoms with Crippen molar-refractivity contribution >= 4 is 84.0 Å². The third-order valence-electron chi connectivity index (χ3n) is 5.67. The Kier molecular flexibility index (Phi) is 8.79. The molecule has 3 amide bonds. The number of thioether (sulfide) groups is 1. The van der Waals surface area contributed by atoms with Crippen molar-refractivity contribution in [2.75, 3.05) is 11.9 Å². The molecule has 0 bridgehead atoms. The molecule has 6 nitrogen and oxygen atoms in total. The first-order chi connectivity index (χ1) is 17.6. The Bertz CT molecular complexity index is 1400. The van der Waals surface area contributed by atoms with E-state index in [0.29, 0.717) is 37.6 Å². The first kappa shape index (κ1) is 27.4. The molecule has 1 heterocycles. The summed E-state index contributed by atoms with van der Waals surface area (Å²) in [6.07, 6.45) is 1.62. The molecule has 0 spiro atoms. The van der Waals surface area contributed by atoms with E-state index in [2.05, 4.69) is 37.2 Å². The smallest absolute Gasteiger partial charge is 0.294 e. The summed E-state index contributed by atoms with van der Waals surface area (Å²) < 4.78 is 7.30. The first-order valence-corrected chi connectivity index (χ1v) is 13.9. The summed E-state index contributed by atoms with van der Waals surface area (Å²) in [5.74, 6) is -0.352. The average Bonchev–Trinajstić information content (AvgIpc) is 3.10. The molecule has 1 fully saturated rings. The van der Waals surface area contributed by atoms with Crippen LogP contribution in [0.1, 0.15) is 22.3 Å².